The summed E-state index contributed by atoms with van der Waals surface area (Å²) in [5.41, 5.74) is -0.483. The molecule has 122 valence electrons. The fourth-order valence-electron chi connectivity index (χ4n) is 2.69. The van der Waals surface area contributed by atoms with Gasteiger partial charge in [0.15, 0.2) is 4.90 Å². The summed E-state index contributed by atoms with van der Waals surface area (Å²) >= 11 is 5.74. The summed E-state index contributed by atoms with van der Waals surface area (Å²) in [6.45, 7) is 1.46. The lowest BCUT2D eigenvalue weighted by Gasteiger charge is -2.31. The number of nitrogens with one attached hydrogen (secondary N) is 1. The number of sulfonamides is 1. The number of benzene rings is 1. The van der Waals surface area contributed by atoms with E-state index in [1.807, 2.05) is 7.05 Å². The van der Waals surface area contributed by atoms with E-state index in [1.165, 1.54) is 16.4 Å². The summed E-state index contributed by atoms with van der Waals surface area (Å²) in [5.74, 6) is 0.208. The Morgan fingerprint density at radius 2 is 2.23 bits per heavy atom. The van der Waals surface area contributed by atoms with Crippen LogP contribution in [0.3, 0.4) is 0 Å². The molecule has 9 heteroatoms. The van der Waals surface area contributed by atoms with Crippen molar-refractivity contribution in [2.45, 2.75) is 17.7 Å². The molecule has 22 heavy (non-hydrogen) atoms. The van der Waals surface area contributed by atoms with Gasteiger partial charge in [0.05, 0.1) is 4.92 Å². The summed E-state index contributed by atoms with van der Waals surface area (Å²) in [5, 5.41) is 14.3. The van der Waals surface area contributed by atoms with Gasteiger partial charge >= 0.3 is 0 Å². The topological polar surface area (TPSA) is 92.6 Å². The zero-order chi connectivity index (χ0) is 16.3. The third-order valence-electron chi connectivity index (χ3n) is 3.71. The smallest absolute Gasteiger partial charge is 0.290 e. The van der Waals surface area contributed by atoms with Gasteiger partial charge in [-0.05, 0) is 44.5 Å². The maximum absolute atomic E-state index is 12.7. The largest absolute Gasteiger partial charge is 0.319 e. The minimum Gasteiger partial charge on any atom is -0.319 e. The molecule has 1 heterocycles. The number of rotatable bonds is 5. The van der Waals surface area contributed by atoms with E-state index in [9.17, 15) is 18.5 Å². The van der Waals surface area contributed by atoms with E-state index in [1.54, 1.807) is 0 Å². The minimum atomic E-state index is -3.90. The van der Waals surface area contributed by atoms with E-state index in [0.717, 1.165) is 18.9 Å². The molecule has 1 aromatic rings. The molecular weight excluding hydrogens is 330 g/mol. The normalized spacial score (nSPS) is 20.0. The SMILES string of the molecule is CNCC1CCCN(S(=O)(=O)c2ccc(Cl)cc2[N+](=O)[O-])C1. The summed E-state index contributed by atoms with van der Waals surface area (Å²) in [7, 11) is -2.08. The van der Waals surface area contributed by atoms with E-state index in [2.05, 4.69) is 5.32 Å². The molecule has 1 aliphatic heterocycles. The number of nitrogens with zero attached hydrogens (tertiary/aromatic N) is 2. The minimum absolute atomic E-state index is 0.136. The van der Waals surface area contributed by atoms with Crippen molar-refractivity contribution in [2.75, 3.05) is 26.7 Å². The van der Waals surface area contributed by atoms with Crippen molar-refractivity contribution in [1.29, 1.82) is 0 Å². The highest BCUT2D eigenvalue weighted by Gasteiger charge is 2.34. The Bertz CT molecular complexity index is 663. The number of nitro benzene ring substituents is 1. The highest BCUT2D eigenvalue weighted by atomic mass is 35.5. The number of nitro groups is 1. The summed E-state index contributed by atoms with van der Waals surface area (Å²) in [4.78, 5) is 10.1. The van der Waals surface area contributed by atoms with Crippen LogP contribution in [0.15, 0.2) is 23.1 Å². The molecule has 0 radical (unpaired) electrons. The second kappa shape index (κ2) is 6.91. The van der Waals surface area contributed by atoms with Crippen molar-refractivity contribution in [3.05, 3.63) is 33.3 Å². The summed E-state index contributed by atoms with van der Waals surface area (Å²) < 4.78 is 26.8. The third-order valence-corrected chi connectivity index (χ3v) is 5.86. The Labute approximate surface area is 134 Å². The zero-order valence-electron chi connectivity index (χ0n) is 12.2. The van der Waals surface area contributed by atoms with Gasteiger partial charge in [0, 0.05) is 24.2 Å². The Balaban J connectivity index is 2.36. The first kappa shape index (κ1) is 17.1. The van der Waals surface area contributed by atoms with Gasteiger partial charge in [-0.15, -0.1) is 0 Å². The summed E-state index contributed by atoms with van der Waals surface area (Å²) in [6.07, 6.45) is 1.68. The predicted octanol–water partition coefficient (Wildman–Crippen LogP) is 1.87. The molecule has 0 aliphatic carbocycles. The van der Waals surface area contributed by atoms with Crippen LogP contribution in [0.2, 0.25) is 5.02 Å². The van der Waals surface area contributed by atoms with Gasteiger partial charge in [-0.2, -0.15) is 4.31 Å². The Kier molecular flexibility index (Phi) is 5.38. The van der Waals surface area contributed by atoms with Gasteiger partial charge in [-0.25, -0.2) is 8.42 Å². The van der Waals surface area contributed by atoms with Gasteiger partial charge in [-0.3, -0.25) is 10.1 Å². The molecule has 0 spiro atoms. The molecule has 0 amide bonds. The fourth-order valence-corrected chi connectivity index (χ4v) is 4.55. The van der Waals surface area contributed by atoms with Crippen LogP contribution < -0.4 is 5.32 Å². The Hall–Kier alpha value is -1.22. The lowest BCUT2D eigenvalue weighted by molar-refractivity contribution is -0.387. The van der Waals surface area contributed by atoms with Crippen LogP contribution in [-0.2, 0) is 10.0 Å². The monoisotopic (exact) mass is 347 g/mol. The van der Waals surface area contributed by atoms with Crippen molar-refractivity contribution in [3.8, 4) is 0 Å². The fraction of sp³-hybridized carbons (Fsp3) is 0.538. The summed E-state index contributed by atoms with van der Waals surface area (Å²) in [6, 6.07) is 3.64. The van der Waals surface area contributed by atoms with Crippen molar-refractivity contribution in [2.24, 2.45) is 5.92 Å². The van der Waals surface area contributed by atoms with Crippen LogP contribution in [0.5, 0.6) is 0 Å². The molecule has 2 rings (SSSR count). The van der Waals surface area contributed by atoms with Gasteiger partial charge in [0.1, 0.15) is 0 Å². The van der Waals surface area contributed by atoms with E-state index in [4.69, 9.17) is 11.6 Å². The number of halogens is 1. The molecule has 1 fully saturated rings. The van der Waals surface area contributed by atoms with Crippen molar-refractivity contribution < 1.29 is 13.3 Å². The third kappa shape index (κ3) is 3.57. The van der Waals surface area contributed by atoms with Crippen molar-refractivity contribution in [1.82, 2.24) is 9.62 Å². The zero-order valence-corrected chi connectivity index (χ0v) is 13.7. The highest BCUT2D eigenvalue weighted by molar-refractivity contribution is 7.89. The number of hydrogen-bond acceptors (Lipinski definition) is 5. The first-order chi connectivity index (χ1) is 10.4. The molecule has 0 aromatic heterocycles. The van der Waals surface area contributed by atoms with E-state index >= 15 is 0 Å². The molecule has 1 unspecified atom stereocenters. The Morgan fingerprint density at radius 1 is 1.50 bits per heavy atom. The first-order valence-corrected chi connectivity index (χ1v) is 8.76. The van der Waals surface area contributed by atoms with Gasteiger partial charge < -0.3 is 5.32 Å². The van der Waals surface area contributed by atoms with Crippen LogP contribution >= 0.6 is 11.6 Å². The van der Waals surface area contributed by atoms with Gasteiger partial charge in [-0.1, -0.05) is 11.6 Å². The average Bonchev–Trinajstić information content (AvgIpc) is 2.47. The van der Waals surface area contributed by atoms with Crippen LogP contribution in [-0.4, -0.2) is 44.3 Å². The quantitative estimate of drug-likeness (QED) is 0.648. The molecular formula is C13H18ClN3O4S. The molecule has 0 saturated carbocycles. The standard InChI is InChI=1S/C13H18ClN3O4S/c1-15-8-10-3-2-6-16(9-10)22(20,21)13-5-4-11(14)7-12(13)17(18)19/h4-5,7,10,15H,2-3,6,8-9H2,1H3. The van der Waals surface area contributed by atoms with Crippen LogP contribution in [0.1, 0.15) is 12.8 Å². The van der Waals surface area contributed by atoms with E-state index < -0.39 is 20.6 Å². The van der Waals surface area contributed by atoms with E-state index in [-0.39, 0.29) is 15.8 Å². The van der Waals surface area contributed by atoms with Gasteiger partial charge in [0.25, 0.3) is 5.69 Å². The second-order valence-electron chi connectivity index (χ2n) is 5.30. The maximum Gasteiger partial charge on any atom is 0.290 e. The molecule has 1 atom stereocenters. The number of piperidine rings is 1. The predicted molar refractivity (Wildman–Crippen MR) is 83.5 cm³/mol. The van der Waals surface area contributed by atoms with Crippen LogP contribution in [0.4, 0.5) is 5.69 Å². The van der Waals surface area contributed by atoms with E-state index in [0.29, 0.717) is 19.6 Å². The Morgan fingerprint density at radius 3 is 2.86 bits per heavy atom. The number of hydrogen-bond donors (Lipinski definition) is 1. The van der Waals surface area contributed by atoms with Crippen LogP contribution in [0, 0.1) is 16.0 Å². The average molecular weight is 348 g/mol. The highest BCUT2D eigenvalue weighted by Crippen LogP contribution is 2.31. The van der Waals surface area contributed by atoms with Crippen LogP contribution in [0.25, 0.3) is 0 Å². The lowest BCUT2D eigenvalue weighted by Crippen LogP contribution is -2.42. The molecule has 1 N–H and O–H groups in total. The van der Waals surface area contributed by atoms with Gasteiger partial charge in [0.2, 0.25) is 10.0 Å². The molecule has 0 bridgehead atoms. The maximum atomic E-state index is 12.7. The molecule has 1 aromatic carbocycles. The molecule has 1 aliphatic rings. The van der Waals surface area contributed by atoms with Crippen molar-refractivity contribution in [3.63, 3.8) is 0 Å². The molecule has 1 saturated heterocycles. The first-order valence-electron chi connectivity index (χ1n) is 6.95. The van der Waals surface area contributed by atoms with Crippen molar-refractivity contribution >= 4 is 27.3 Å². The lowest BCUT2D eigenvalue weighted by atomic mass is 10.00. The second-order valence-corrected chi connectivity index (χ2v) is 7.64. The molecule has 7 nitrogen and oxygen atoms in total.